The van der Waals surface area contributed by atoms with Crippen LogP contribution in [0.15, 0.2) is 108 Å². The monoisotopic (exact) mass is 655 g/mol. The number of pyridine rings is 1. The Hall–Kier alpha value is -4.18. The highest BCUT2D eigenvalue weighted by molar-refractivity contribution is 6.03. The van der Waals surface area contributed by atoms with Crippen molar-refractivity contribution in [3.8, 4) is 0 Å². The van der Waals surface area contributed by atoms with Crippen LogP contribution in [0.5, 0.6) is 0 Å². The van der Waals surface area contributed by atoms with Gasteiger partial charge in [0, 0.05) is 58.7 Å². The van der Waals surface area contributed by atoms with Crippen molar-refractivity contribution < 1.29 is 13.9 Å². The second-order valence-electron chi connectivity index (χ2n) is 15.7. The van der Waals surface area contributed by atoms with E-state index in [-0.39, 0.29) is 16.9 Å². The lowest BCUT2D eigenvalue weighted by Crippen LogP contribution is -2.27. The van der Waals surface area contributed by atoms with Gasteiger partial charge in [0.25, 0.3) is 0 Å². The predicted octanol–water partition coefficient (Wildman–Crippen LogP) is 10.2. The largest absolute Gasteiger partial charge is 0.485 e. The first kappa shape index (κ1) is 34.7. The zero-order valence-electron chi connectivity index (χ0n) is 31.8. The van der Waals surface area contributed by atoms with Crippen molar-refractivity contribution in [1.82, 2.24) is 0 Å². The summed E-state index contributed by atoms with van der Waals surface area (Å²) >= 11 is 0. The van der Waals surface area contributed by atoms with Crippen molar-refractivity contribution in [2.75, 3.05) is 18.0 Å². The van der Waals surface area contributed by atoms with Crippen LogP contribution in [-0.4, -0.2) is 23.4 Å². The summed E-state index contributed by atoms with van der Waals surface area (Å²) in [4.78, 5) is 2.49. The summed E-state index contributed by atoms with van der Waals surface area (Å²) in [6.07, 6.45) is 15.6. The van der Waals surface area contributed by atoms with Crippen LogP contribution in [0.1, 0.15) is 102 Å². The molecule has 3 heterocycles. The number of benzene rings is 2. The van der Waals surface area contributed by atoms with Crippen LogP contribution in [0.25, 0.3) is 0 Å². The molecule has 1 atom stereocenters. The molecule has 2 aromatic carbocycles. The summed E-state index contributed by atoms with van der Waals surface area (Å²) in [5, 5.41) is 0. The Morgan fingerprint density at radius 2 is 1.51 bits per heavy atom. The maximum Gasteiger partial charge on any atom is 0.209 e. The van der Waals surface area contributed by atoms with E-state index in [4.69, 9.17) is 4.74 Å². The third-order valence-corrected chi connectivity index (χ3v) is 11.0. The minimum Gasteiger partial charge on any atom is -0.485 e. The molecule has 6 rings (SSSR count). The molecule has 1 unspecified atom stereocenters. The highest BCUT2D eigenvalue weighted by atomic mass is 16.5. The second-order valence-corrected chi connectivity index (χ2v) is 15.7. The van der Waals surface area contributed by atoms with Crippen LogP contribution in [-0.2, 0) is 22.6 Å². The standard InChI is InChI=1S/C45H57N3O/c1-12-47-38-20-14-31(5)28-36(38)44(7,8)40(47)22-18-33-16-17-34(43(33)49-42(30(3)4)35-24-26-46(11)27-25-35)19-23-41-45(9,10)37-29-32(6)15-21-39(37)48(41)13-2/h14-15,18-30,42H,12-13,16-17H2,1-11H3/q+2. The van der Waals surface area contributed by atoms with E-state index in [0.29, 0.717) is 5.92 Å². The van der Waals surface area contributed by atoms with Gasteiger partial charge >= 0.3 is 0 Å². The molecule has 0 saturated heterocycles. The lowest BCUT2D eigenvalue weighted by atomic mass is 9.80. The summed E-state index contributed by atoms with van der Waals surface area (Å²) in [5.74, 6) is 1.35. The topological polar surface area (TPSA) is 19.4 Å². The minimum absolute atomic E-state index is 0.0500. The number of hydrogen-bond donors (Lipinski definition) is 0. The Balaban J connectivity index is 1.44. The molecule has 0 saturated carbocycles. The number of hydrogen-bond acceptors (Lipinski definition) is 2. The number of allylic oxidation sites excluding steroid dienone is 7. The molecule has 256 valence electrons. The van der Waals surface area contributed by atoms with Gasteiger partial charge in [0.15, 0.2) is 18.1 Å². The van der Waals surface area contributed by atoms with Gasteiger partial charge in [0.2, 0.25) is 5.69 Å². The molecule has 0 fully saturated rings. The zero-order chi connectivity index (χ0) is 35.2. The Morgan fingerprint density at radius 3 is 2.16 bits per heavy atom. The third kappa shape index (κ3) is 6.24. The highest BCUT2D eigenvalue weighted by Gasteiger charge is 2.44. The van der Waals surface area contributed by atoms with Crippen LogP contribution < -0.4 is 9.47 Å². The normalized spacial score (nSPS) is 20.4. The van der Waals surface area contributed by atoms with Gasteiger partial charge in [-0.1, -0.05) is 63.1 Å². The Labute approximate surface area is 295 Å². The number of aromatic nitrogens is 1. The first-order valence-corrected chi connectivity index (χ1v) is 18.4. The van der Waals surface area contributed by atoms with Crippen LogP contribution in [0.3, 0.4) is 0 Å². The number of anilines is 1. The number of ether oxygens (including phenoxy) is 1. The van der Waals surface area contributed by atoms with E-state index in [2.05, 4.69) is 176 Å². The van der Waals surface area contributed by atoms with Gasteiger partial charge in [-0.2, -0.15) is 4.58 Å². The average Bonchev–Trinajstić information content (AvgIpc) is 3.61. The molecule has 4 heteroatoms. The summed E-state index contributed by atoms with van der Waals surface area (Å²) in [7, 11) is 2.07. The van der Waals surface area contributed by atoms with E-state index in [0.717, 1.165) is 31.7 Å². The Morgan fingerprint density at radius 1 is 0.837 bits per heavy atom. The maximum absolute atomic E-state index is 7.20. The molecule has 4 nitrogen and oxygen atoms in total. The fraction of sp³-hybridized carbons (Fsp3) is 0.422. The molecule has 1 aromatic heterocycles. The zero-order valence-corrected chi connectivity index (χ0v) is 31.8. The minimum atomic E-state index is -0.0812. The van der Waals surface area contributed by atoms with Gasteiger partial charge in [-0.05, 0) is 101 Å². The summed E-state index contributed by atoms with van der Waals surface area (Å²) in [6.45, 7) is 24.8. The molecule has 2 aliphatic heterocycles. The van der Waals surface area contributed by atoms with E-state index >= 15 is 0 Å². The smallest absolute Gasteiger partial charge is 0.209 e. The lowest BCUT2D eigenvalue weighted by Gasteiger charge is -2.26. The van der Waals surface area contributed by atoms with Crippen molar-refractivity contribution in [3.63, 3.8) is 0 Å². The van der Waals surface area contributed by atoms with Gasteiger partial charge in [-0.25, -0.2) is 4.57 Å². The second kappa shape index (κ2) is 13.3. The van der Waals surface area contributed by atoms with E-state index in [9.17, 15) is 0 Å². The molecule has 1 aliphatic carbocycles. The van der Waals surface area contributed by atoms with Crippen LogP contribution >= 0.6 is 0 Å². The fourth-order valence-corrected chi connectivity index (χ4v) is 8.21. The molecule has 0 bridgehead atoms. The average molecular weight is 656 g/mol. The molecule has 0 spiro atoms. The molecule has 49 heavy (non-hydrogen) atoms. The van der Waals surface area contributed by atoms with Gasteiger partial charge in [0.1, 0.15) is 25.5 Å². The van der Waals surface area contributed by atoms with E-state index in [1.165, 1.54) is 61.7 Å². The van der Waals surface area contributed by atoms with E-state index < -0.39 is 0 Å². The first-order chi connectivity index (χ1) is 23.3. The van der Waals surface area contributed by atoms with Crippen molar-refractivity contribution in [3.05, 3.63) is 136 Å². The van der Waals surface area contributed by atoms with E-state index in [1.807, 2.05) is 0 Å². The fourth-order valence-electron chi connectivity index (χ4n) is 8.21. The molecule has 3 aliphatic rings. The van der Waals surface area contributed by atoms with Gasteiger partial charge in [0.05, 0.1) is 5.41 Å². The molecule has 0 N–H and O–H groups in total. The Bertz CT molecular complexity index is 1910. The van der Waals surface area contributed by atoms with Crippen molar-refractivity contribution in [2.45, 2.75) is 99.0 Å². The lowest BCUT2D eigenvalue weighted by molar-refractivity contribution is -0.671. The maximum atomic E-state index is 7.20. The molecule has 3 aromatic rings. The molecule has 0 amide bonds. The van der Waals surface area contributed by atoms with Crippen LogP contribution in [0.2, 0.25) is 0 Å². The number of fused-ring (bicyclic) bond motifs is 2. The number of likely N-dealkylation sites (N-methyl/N-ethyl adjacent to an activating group) is 1. The van der Waals surface area contributed by atoms with Gasteiger partial charge in [-0.3, -0.25) is 0 Å². The summed E-state index contributed by atoms with van der Waals surface area (Å²) < 4.78 is 11.8. The Kier molecular flexibility index (Phi) is 9.39. The molecular weight excluding hydrogens is 599 g/mol. The first-order valence-electron chi connectivity index (χ1n) is 18.4. The van der Waals surface area contributed by atoms with E-state index in [1.54, 1.807) is 0 Å². The van der Waals surface area contributed by atoms with Crippen molar-refractivity contribution >= 4 is 17.1 Å². The molecule has 0 radical (unpaired) electrons. The summed E-state index contributed by atoms with van der Waals surface area (Å²) in [5.41, 5.74) is 14.4. The third-order valence-electron chi connectivity index (χ3n) is 11.0. The quantitative estimate of drug-likeness (QED) is 0.214. The number of rotatable bonds is 9. The van der Waals surface area contributed by atoms with Crippen LogP contribution in [0, 0.1) is 19.8 Å². The number of aryl methyl sites for hydroxylation is 3. The number of nitrogens with zero attached hydrogens (tertiary/aromatic N) is 3. The SMILES string of the molecule is CCN1/C(=C/C=C2\CCC(/C=C/C3=[N+](CC)c4ccc(C)cc4C3(C)C)=C2OC(c2cc[n+](C)cc2)C(C)C)C(C)(C)c2cc(C)ccc21. The van der Waals surface area contributed by atoms with Crippen molar-refractivity contribution in [2.24, 2.45) is 13.0 Å². The summed E-state index contributed by atoms with van der Waals surface area (Å²) in [6, 6.07) is 18.2. The van der Waals surface area contributed by atoms with Gasteiger partial charge < -0.3 is 9.64 Å². The van der Waals surface area contributed by atoms with Crippen LogP contribution in [0.4, 0.5) is 11.4 Å². The predicted molar refractivity (Wildman–Crippen MR) is 205 cm³/mol. The highest BCUT2D eigenvalue weighted by Crippen LogP contribution is 2.48. The van der Waals surface area contributed by atoms with Gasteiger partial charge in [-0.15, -0.1) is 0 Å². The molecular formula is C45H57N3O+2. The van der Waals surface area contributed by atoms with Crippen molar-refractivity contribution in [1.29, 1.82) is 0 Å².